The van der Waals surface area contributed by atoms with Crippen LogP contribution in [0.4, 0.5) is 0 Å². The summed E-state index contributed by atoms with van der Waals surface area (Å²) in [6, 6.07) is 3.80. The van der Waals surface area contributed by atoms with Crippen molar-refractivity contribution < 1.29 is 0 Å². The van der Waals surface area contributed by atoms with Gasteiger partial charge in [-0.2, -0.15) is 0 Å². The van der Waals surface area contributed by atoms with Crippen LogP contribution in [0, 0.1) is 6.20 Å². The van der Waals surface area contributed by atoms with Crippen molar-refractivity contribution in [3.63, 3.8) is 0 Å². The maximum absolute atomic E-state index is 3.05. The van der Waals surface area contributed by atoms with Gasteiger partial charge in [-0.15, -0.1) is 0 Å². The fraction of sp³-hybridized carbons (Fsp3) is 0.333. The lowest BCUT2D eigenvalue weighted by Gasteiger charge is -1.99. The number of rotatable bonds is 2. The van der Waals surface area contributed by atoms with Crippen molar-refractivity contribution in [2.45, 2.75) is 6.92 Å². The number of hydrogen-bond donors (Lipinski definition) is 1. The smallest absolute Gasteiger partial charge is 0.0876 e. The Morgan fingerprint density at radius 1 is 1.75 bits per heavy atom. The van der Waals surface area contributed by atoms with Crippen LogP contribution in [0.25, 0.3) is 0 Å². The second kappa shape index (κ2) is 2.40. The van der Waals surface area contributed by atoms with Crippen LogP contribution in [0.5, 0.6) is 0 Å². The molecule has 0 atom stereocenters. The average molecular weight is 109 g/mol. The number of hydrogen-bond acceptors (Lipinski definition) is 1. The molecule has 1 rings (SSSR count). The molecule has 0 aliphatic carbocycles. The van der Waals surface area contributed by atoms with Crippen molar-refractivity contribution in [2.75, 3.05) is 12.0 Å². The van der Waals surface area contributed by atoms with Gasteiger partial charge in [-0.3, -0.25) is 4.68 Å². The molecule has 2 heteroatoms. The van der Waals surface area contributed by atoms with Crippen LogP contribution < -0.4 is 5.43 Å². The van der Waals surface area contributed by atoms with Crippen LogP contribution in [-0.2, 0) is 0 Å². The highest BCUT2D eigenvalue weighted by molar-refractivity contribution is 4.90. The standard InChI is InChI=1S/C6H9N2/c1-2-7-8-5-3-4-6-8/h3-5,7H,2H2,1H3. The molecule has 1 N–H and O–H groups in total. The minimum absolute atomic E-state index is 0.936. The summed E-state index contributed by atoms with van der Waals surface area (Å²) in [5, 5.41) is 0. The van der Waals surface area contributed by atoms with E-state index in [2.05, 4.69) is 11.6 Å². The summed E-state index contributed by atoms with van der Waals surface area (Å²) < 4.78 is 1.81. The van der Waals surface area contributed by atoms with Crippen molar-refractivity contribution in [2.24, 2.45) is 0 Å². The van der Waals surface area contributed by atoms with Gasteiger partial charge >= 0.3 is 0 Å². The van der Waals surface area contributed by atoms with Crippen molar-refractivity contribution in [3.8, 4) is 0 Å². The lowest BCUT2D eigenvalue weighted by molar-refractivity contribution is 0.865. The second-order valence-electron chi connectivity index (χ2n) is 1.52. The molecule has 0 unspecified atom stereocenters. The summed E-state index contributed by atoms with van der Waals surface area (Å²) in [4.78, 5) is 0. The summed E-state index contributed by atoms with van der Waals surface area (Å²) in [5.41, 5.74) is 3.05. The minimum Gasteiger partial charge on any atom is -0.326 e. The van der Waals surface area contributed by atoms with Crippen LogP contribution in [-0.4, -0.2) is 11.2 Å². The second-order valence-corrected chi connectivity index (χ2v) is 1.52. The first kappa shape index (κ1) is 5.22. The highest BCUT2D eigenvalue weighted by Crippen LogP contribution is 1.81. The lowest BCUT2D eigenvalue weighted by atomic mass is 10.7. The van der Waals surface area contributed by atoms with Gasteiger partial charge in [0.1, 0.15) is 0 Å². The number of nitrogens with one attached hydrogen (secondary N) is 1. The van der Waals surface area contributed by atoms with E-state index >= 15 is 0 Å². The maximum atomic E-state index is 3.05. The predicted octanol–water partition coefficient (Wildman–Crippen LogP) is 0.852. The van der Waals surface area contributed by atoms with Gasteiger partial charge < -0.3 is 5.43 Å². The van der Waals surface area contributed by atoms with Crippen LogP contribution >= 0.6 is 0 Å². The average Bonchev–Trinajstić information content (AvgIpc) is 2.19. The molecule has 0 spiro atoms. The van der Waals surface area contributed by atoms with E-state index in [0.717, 1.165) is 6.54 Å². The monoisotopic (exact) mass is 109 g/mol. The summed E-state index contributed by atoms with van der Waals surface area (Å²) >= 11 is 0. The fourth-order valence-electron chi connectivity index (χ4n) is 0.564. The van der Waals surface area contributed by atoms with E-state index in [9.17, 15) is 0 Å². The van der Waals surface area contributed by atoms with Gasteiger partial charge in [-0.05, 0) is 19.1 Å². The highest BCUT2D eigenvalue weighted by atomic mass is 15.4. The zero-order valence-corrected chi connectivity index (χ0v) is 4.89. The van der Waals surface area contributed by atoms with Crippen molar-refractivity contribution >= 4 is 0 Å². The van der Waals surface area contributed by atoms with E-state index in [1.165, 1.54) is 0 Å². The first-order valence-electron chi connectivity index (χ1n) is 2.72. The number of aromatic nitrogens is 1. The van der Waals surface area contributed by atoms with Gasteiger partial charge in [0.2, 0.25) is 0 Å². The van der Waals surface area contributed by atoms with Gasteiger partial charge in [-0.1, -0.05) is 0 Å². The molecule has 43 valence electrons. The Morgan fingerprint density at radius 3 is 3.12 bits per heavy atom. The van der Waals surface area contributed by atoms with Gasteiger partial charge in [0.15, 0.2) is 0 Å². The molecule has 0 aliphatic rings. The molecule has 8 heavy (non-hydrogen) atoms. The Hall–Kier alpha value is -0.920. The molecule has 2 nitrogen and oxygen atoms in total. The molecule has 1 aromatic rings. The van der Waals surface area contributed by atoms with Crippen molar-refractivity contribution in [3.05, 3.63) is 24.5 Å². The molecule has 0 aromatic carbocycles. The third-order valence-electron chi connectivity index (χ3n) is 0.873. The highest BCUT2D eigenvalue weighted by Gasteiger charge is 1.78. The SMILES string of the molecule is CCNn1[c]ccc1. The number of nitrogens with zero attached hydrogens (tertiary/aromatic N) is 1. The Balaban J connectivity index is 2.50. The zero-order valence-electron chi connectivity index (χ0n) is 4.89. The first-order chi connectivity index (χ1) is 3.93. The quantitative estimate of drug-likeness (QED) is 0.595. The molecular formula is C6H9N2. The largest absolute Gasteiger partial charge is 0.326 e. The maximum Gasteiger partial charge on any atom is 0.0876 e. The first-order valence-corrected chi connectivity index (χ1v) is 2.72. The summed E-state index contributed by atoms with van der Waals surface area (Å²) in [7, 11) is 0. The Labute approximate surface area is 49.1 Å². The third-order valence-corrected chi connectivity index (χ3v) is 0.873. The molecule has 0 aliphatic heterocycles. The summed E-state index contributed by atoms with van der Waals surface area (Å²) in [6.45, 7) is 2.99. The van der Waals surface area contributed by atoms with Gasteiger partial charge in [0.05, 0.1) is 6.20 Å². The topological polar surface area (TPSA) is 17.0 Å². The van der Waals surface area contributed by atoms with Crippen LogP contribution in [0.2, 0.25) is 0 Å². The van der Waals surface area contributed by atoms with Crippen molar-refractivity contribution in [1.29, 1.82) is 0 Å². The van der Waals surface area contributed by atoms with E-state index in [4.69, 9.17) is 0 Å². The Bertz CT molecular complexity index is 132. The molecule has 0 saturated heterocycles. The van der Waals surface area contributed by atoms with E-state index < -0.39 is 0 Å². The summed E-state index contributed by atoms with van der Waals surface area (Å²) in [6.07, 6.45) is 4.86. The normalized spacial score (nSPS) is 9.12. The third kappa shape index (κ3) is 1.03. The van der Waals surface area contributed by atoms with Crippen LogP contribution in [0.1, 0.15) is 6.92 Å². The Kier molecular flexibility index (Phi) is 1.57. The van der Waals surface area contributed by atoms with E-state index in [0.29, 0.717) is 0 Å². The predicted molar refractivity (Wildman–Crippen MR) is 33.2 cm³/mol. The van der Waals surface area contributed by atoms with E-state index in [-0.39, 0.29) is 0 Å². The molecule has 1 radical (unpaired) electrons. The van der Waals surface area contributed by atoms with Crippen LogP contribution in [0.15, 0.2) is 18.3 Å². The molecule has 0 saturated carbocycles. The van der Waals surface area contributed by atoms with E-state index in [1.54, 1.807) is 4.68 Å². The summed E-state index contributed by atoms with van der Waals surface area (Å²) in [5.74, 6) is 0. The van der Waals surface area contributed by atoms with E-state index in [1.807, 2.05) is 25.3 Å². The van der Waals surface area contributed by atoms with Gasteiger partial charge in [0, 0.05) is 12.7 Å². The lowest BCUT2D eigenvalue weighted by Crippen LogP contribution is -2.10. The van der Waals surface area contributed by atoms with Crippen LogP contribution in [0.3, 0.4) is 0 Å². The molecule has 0 amide bonds. The van der Waals surface area contributed by atoms with Gasteiger partial charge in [-0.25, -0.2) is 0 Å². The van der Waals surface area contributed by atoms with Crippen molar-refractivity contribution in [1.82, 2.24) is 4.68 Å². The fourth-order valence-corrected chi connectivity index (χ4v) is 0.564. The Morgan fingerprint density at radius 2 is 2.62 bits per heavy atom. The van der Waals surface area contributed by atoms with Gasteiger partial charge in [0.25, 0.3) is 0 Å². The zero-order chi connectivity index (χ0) is 5.82. The minimum atomic E-state index is 0.936. The molecular weight excluding hydrogens is 100 g/mol. The molecule has 1 aromatic heterocycles. The molecule has 0 fully saturated rings. The molecule has 0 bridgehead atoms. The molecule has 1 heterocycles.